The smallest absolute Gasteiger partial charge is 0.123 e. The highest BCUT2D eigenvalue weighted by Gasteiger charge is 2.17. The zero-order chi connectivity index (χ0) is 14.2. The van der Waals surface area contributed by atoms with Crippen molar-refractivity contribution in [2.75, 3.05) is 0 Å². The van der Waals surface area contributed by atoms with Gasteiger partial charge in [-0.3, -0.25) is 0 Å². The molecule has 2 N–H and O–H groups in total. The van der Waals surface area contributed by atoms with E-state index in [1.807, 2.05) is 26.0 Å². The van der Waals surface area contributed by atoms with Crippen LogP contribution in [0, 0.1) is 19.7 Å². The van der Waals surface area contributed by atoms with E-state index in [9.17, 15) is 4.39 Å². The van der Waals surface area contributed by atoms with Gasteiger partial charge in [-0.1, -0.05) is 27.5 Å². The van der Waals surface area contributed by atoms with Gasteiger partial charge in [0.05, 0.1) is 6.04 Å². The Labute approximate surface area is 125 Å². The molecule has 0 saturated heterocycles. The monoisotopic (exact) mass is 341 g/mol. The SMILES string of the molecule is Cc1cc(F)cc(C)c1C(N)c1cc(Cl)ccc1Br. The molecule has 0 aromatic heterocycles. The second-order valence-electron chi connectivity index (χ2n) is 4.60. The summed E-state index contributed by atoms with van der Waals surface area (Å²) in [4.78, 5) is 0. The minimum atomic E-state index is -0.339. The molecule has 4 heteroatoms. The van der Waals surface area contributed by atoms with Gasteiger partial charge in [-0.05, 0) is 66.4 Å². The molecular formula is C15H14BrClFN. The van der Waals surface area contributed by atoms with Crippen molar-refractivity contribution in [1.82, 2.24) is 0 Å². The zero-order valence-corrected chi connectivity index (χ0v) is 13.0. The average molecular weight is 343 g/mol. The van der Waals surface area contributed by atoms with Crippen molar-refractivity contribution in [3.63, 3.8) is 0 Å². The third kappa shape index (κ3) is 2.99. The first-order valence-corrected chi connectivity index (χ1v) is 7.04. The summed E-state index contributed by atoms with van der Waals surface area (Å²) in [6, 6.07) is 8.16. The molecule has 0 fully saturated rings. The maximum Gasteiger partial charge on any atom is 0.123 e. The fraction of sp³-hybridized carbons (Fsp3) is 0.200. The van der Waals surface area contributed by atoms with E-state index in [1.54, 1.807) is 6.07 Å². The van der Waals surface area contributed by atoms with Crippen LogP contribution in [0.15, 0.2) is 34.8 Å². The summed E-state index contributed by atoms with van der Waals surface area (Å²) in [6.45, 7) is 3.73. The maximum atomic E-state index is 13.3. The number of benzene rings is 2. The lowest BCUT2D eigenvalue weighted by Crippen LogP contribution is -2.15. The molecule has 0 radical (unpaired) electrons. The van der Waals surface area contributed by atoms with Crippen molar-refractivity contribution in [3.8, 4) is 0 Å². The molecule has 0 aliphatic carbocycles. The van der Waals surface area contributed by atoms with Crippen LogP contribution < -0.4 is 5.73 Å². The van der Waals surface area contributed by atoms with Crippen molar-refractivity contribution < 1.29 is 4.39 Å². The third-order valence-corrected chi connectivity index (χ3v) is 4.12. The van der Waals surface area contributed by atoms with Gasteiger partial charge in [0, 0.05) is 9.50 Å². The second kappa shape index (κ2) is 5.61. The van der Waals surface area contributed by atoms with Gasteiger partial charge in [-0.15, -0.1) is 0 Å². The molecule has 1 nitrogen and oxygen atoms in total. The van der Waals surface area contributed by atoms with Crippen LogP contribution in [0.4, 0.5) is 4.39 Å². The summed E-state index contributed by atoms with van der Waals surface area (Å²) in [7, 11) is 0. The lowest BCUT2D eigenvalue weighted by Gasteiger charge is -2.19. The third-order valence-electron chi connectivity index (χ3n) is 3.16. The maximum absolute atomic E-state index is 13.3. The molecule has 2 rings (SSSR count). The fourth-order valence-electron chi connectivity index (χ4n) is 2.32. The van der Waals surface area contributed by atoms with Crippen molar-refractivity contribution in [3.05, 3.63) is 67.9 Å². The summed E-state index contributed by atoms with van der Waals surface area (Å²) in [5, 5.41) is 0.631. The summed E-state index contributed by atoms with van der Waals surface area (Å²) in [5.74, 6) is -0.240. The van der Waals surface area contributed by atoms with Gasteiger partial charge in [-0.25, -0.2) is 4.39 Å². The highest BCUT2D eigenvalue weighted by atomic mass is 79.9. The minimum absolute atomic E-state index is 0.240. The van der Waals surface area contributed by atoms with E-state index < -0.39 is 0 Å². The van der Waals surface area contributed by atoms with Crippen LogP contribution in [0.25, 0.3) is 0 Å². The van der Waals surface area contributed by atoms with E-state index in [4.69, 9.17) is 17.3 Å². The number of nitrogens with two attached hydrogens (primary N) is 1. The number of hydrogen-bond donors (Lipinski definition) is 1. The molecule has 100 valence electrons. The number of rotatable bonds is 2. The Bertz CT molecular complexity index is 605. The van der Waals surface area contributed by atoms with Crippen LogP contribution in [-0.2, 0) is 0 Å². The van der Waals surface area contributed by atoms with E-state index in [2.05, 4.69) is 15.9 Å². The Kier molecular flexibility index (Phi) is 4.29. The van der Waals surface area contributed by atoms with Gasteiger partial charge in [0.2, 0.25) is 0 Å². The first kappa shape index (κ1) is 14.5. The molecule has 0 aliphatic heterocycles. The molecule has 19 heavy (non-hydrogen) atoms. The Hall–Kier alpha value is -0.900. The van der Waals surface area contributed by atoms with E-state index in [1.165, 1.54) is 12.1 Å². The summed E-state index contributed by atoms with van der Waals surface area (Å²) >= 11 is 9.50. The van der Waals surface area contributed by atoms with E-state index in [-0.39, 0.29) is 11.9 Å². The highest BCUT2D eigenvalue weighted by Crippen LogP contribution is 2.32. The van der Waals surface area contributed by atoms with E-state index >= 15 is 0 Å². The normalized spacial score (nSPS) is 12.5. The largest absolute Gasteiger partial charge is 0.320 e. The molecule has 1 atom stereocenters. The number of hydrogen-bond acceptors (Lipinski definition) is 1. The van der Waals surface area contributed by atoms with E-state index in [0.717, 1.165) is 26.7 Å². The van der Waals surface area contributed by atoms with Crippen LogP contribution in [0.5, 0.6) is 0 Å². The Balaban J connectivity index is 2.56. The Morgan fingerprint density at radius 3 is 2.32 bits per heavy atom. The van der Waals surface area contributed by atoms with Crippen LogP contribution in [0.2, 0.25) is 5.02 Å². The number of halogens is 3. The summed E-state index contributed by atoms with van der Waals surface area (Å²) in [6.07, 6.45) is 0. The Morgan fingerprint density at radius 2 is 1.74 bits per heavy atom. The van der Waals surface area contributed by atoms with Gasteiger partial charge >= 0.3 is 0 Å². The molecule has 1 unspecified atom stereocenters. The highest BCUT2D eigenvalue weighted by molar-refractivity contribution is 9.10. The van der Waals surface area contributed by atoms with Gasteiger partial charge in [0.1, 0.15) is 5.82 Å². The molecule has 2 aromatic carbocycles. The lowest BCUT2D eigenvalue weighted by atomic mass is 9.92. The van der Waals surface area contributed by atoms with Crippen LogP contribution in [-0.4, -0.2) is 0 Å². The van der Waals surface area contributed by atoms with Crippen LogP contribution >= 0.6 is 27.5 Å². The number of aryl methyl sites for hydroxylation is 2. The van der Waals surface area contributed by atoms with Crippen molar-refractivity contribution >= 4 is 27.5 Å². The molecule has 0 spiro atoms. The first-order valence-electron chi connectivity index (χ1n) is 5.87. The quantitative estimate of drug-likeness (QED) is 0.825. The first-order chi connectivity index (χ1) is 8.90. The van der Waals surface area contributed by atoms with Crippen molar-refractivity contribution in [1.29, 1.82) is 0 Å². The predicted molar refractivity (Wildman–Crippen MR) is 81.1 cm³/mol. The lowest BCUT2D eigenvalue weighted by molar-refractivity contribution is 0.623. The molecule has 0 bridgehead atoms. The zero-order valence-electron chi connectivity index (χ0n) is 10.7. The molecule has 0 heterocycles. The topological polar surface area (TPSA) is 26.0 Å². The molecule has 2 aromatic rings. The van der Waals surface area contributed by atoms with Gasteiger partial charge in [0.15, 0.2) is 0 Å². The van der Waals surface area contributed by atoms with E-state index in [0.29, 0.717) is 5.02 Å². The fourth-order valence-corrected chi connectivity index (χ4v) is 2.99. The van der Waals surface area contributed by atoms with Crippen molar-refractivity contribution in [2.24, 2.45) is 5.73 Å². The standard InChI is InChI=1S/C15H14BrClFN/c1-8-5-11(18)6-9(2)14(8)15(19)12-7-10(17)3-4-13(12)16/h3-7,15H,19H2,1-2H3. The molecular weight excluding hydrogens is 329 g/mol. The van der Waals surface area contributed by atoms with Crippen LogP contribution in [0.3, 0.4) is 0 Å². The van der Waals surface area contributed by atoms with Crippen molar-refractivity contribution in [2.45, 2.75) is 19.9 Å². The molecule has 0 saturated carbocycles. The minimum Gasteiger partial charge on any atom is -0.320 e. The summed E-state index contributed by atoms with van der Waals surface area (Å²) in [5.41, 5.74) is 9.84. The second-order valence-corrected chi connectivity index (χ2v) is 5.89. The van der Waals surface area contributed by atoms with Gasteiger partial charge < -0.3 is 5.73 Å². The Morgan fingerprint density at radius 1 is 1.16 bits per heavy atom. The van der Waals surface area contributed by atoms with Crippen LogP contribution in [0.1, 0.15) is 28.3 Å². The van der Waals surface area contributed by atoms with Gasteiger partial charge in [0.25, 0.3) is 0 Å². The van der Waals surface area contributed by atoms with Gasteiger partial charge in [-0.2, -0.15) is 0 Å². The summed E-state index contributed by atoms with van der Waals surface area (Å²) < 4.78 is 14.2. The predicted octanol–water partition coefficient (Wildman–Crippen LogP) is 4.91. The average Bonchev–Trinajstić information content (AvgIpc) is 2.30. The molecule has 0 aliphatic rings. The molecule has 0 amide bonds.